The van der Waals surface area contributed by atoms with Crippen molar-refractivity contribution in [2.24, 2.45) is 11.3 Å². The van der Waals surface area contributed by atoms with E-state index in [2.05, 4.69) is 91.9 Å². The number of amides is 1. The first kappa shape index (κ1) is 30.6. The molecule has 0 aliphatic carbocycles. The van der Waals surface area contributed by atoms with Crippen molar-refractivity contribution in [2.45, 2.75) is 118 Å². The standard InChI is InChI=1S/C30H53NO3/c1-23(2)20-25-14-16-26(17-15-25)24(3)27(32)31-19-13-11-12-18-30(10,21-33-28(4,5)6)22-34-29(7,8)9/h14-17,23-24H,11-13,18-22H2,1-10H3,(H,31,32). The summed E-state index contributed by atoms with van der Waals surface area (Å²) in [4.78, 5) is 12.6. The molecule has 1 N–H and O–H groups in total. The van der Waals surface area contributed by atoms with Crippen molar-refractivity contribution >= 4 is 5.91 Å². The second-order valence-electron chi connectivity index (χ2n) is 12.8. The largest absolute Gasteiger partial charge is 0.375 e. The molecule has 0 saturated heterocycles. The van der Waals surface area contributed by atoms with Crippen LogP contribution in [-0.4, -0.2) is 36.9 Å². The fourth-order valence-electron chi connectivity index (χ4n) is 3.75. The molecule has 1 amide bonds. The number of hydrogen-bond donors (Lipinski definition) is 1. The Kier molecular flexibility index (Phi) is 12.3. The number of ether oxygens (including phenoxy) is 2. The molecule has 1 atom stereocenters. The van der Waals surface area contributed by atoms with Crippen molar-refractivity contribution in [3.8, 4) is 0 Å². The third-order valence-corrected chi connectivity index (χ3v) is 5.98. The van der Waals surface area contributed by atoms with Crippen LogP contribution in [0.5, 0.6) is 0 Å². The van der Waals surface area contributed by atoms with E-state index in [9.17, 15) is 4.79 Å². The lowest BCUT2D eigenvalue weighted by Crippen LogP contribution is -2.36. The van der Waals surface area contributed by atoms with Gasteiger partial charge in [0.05, 0.1) is 30.3 Å². The van der Waals surface area contributed by atoms with Gasteiger partial charge in [-0.05, 0) is 84.8 Å². The first-order chi connectivity index (χ1) is 15.6. The number of unbranched alkanes of at least 4 members (excludes halogenated alkanes) is 2. The molecule has 0 heterocycles. The molecule has 0 aromatic heterocycles. The van der Waals surface area contributed by atoms with Crippen LogP contribution in [0.2, 0.25) is 0 Å². The molecule has 0 bridgehead atoms. The van der Waals surface area contributed by atoms with Gasteiger partial charge in [0, 0.05) is 12.0 Å². The molecule has 0 spiro atoms. The normalized spacial score (nSPS) is 13.9. The average molecular weight is 476 g/mol. The van der Waals surface area contributed by atoms with Crippen LogP contribution in [0.25, 0.3) is 0 Å². The number of carbonyl (C=O) groups excluding carboxylic acids is 1. The minimum atomic E-state index is -0.154. The summed E-state index contributed by atoms with van der Waals surface area (Å²) in [6, 6.07) is 8.51. The smallest absolute Gasteiger partial charge is 0.227 e. The van der Waals surface area contributed by atoms with E-state index in [1.165, 1.54) is 5.56 Å². The first-order valence-corrected chi connectivity index (χ1v) is 13.2. The van der Waals surface area contributed by atoms with Gasteiger partial charge in [-0.15, -0.1) is 0 Å². The highest BCUT2D eigenvalue weighted by atomic mass is 16.5. The van der Waals surface area contributed by atoms with Crippen molar-refractivity contribution in [2.75, 3.05) is 19.8 Å². The van der Waals surface area contributed by atoms with Gasteiger partial charge in [0.25, 0.3) is 0 Å². The molecular formula is C30H53NO3. The third-order valence-electron chi connectivity index (χ3n) is 5.98. The minimum absolute atomic E-state index is 0.0138. The van der Waals surface area contributed by atoms with Gasteiger partial charge >= 0.3 is 0 Å². The maximum absolute atomic E-state index is 12.6. The predicted octanol–water partition coefficient (Wildman–Crippen LogP) is 7.30. The van der Waals surface area contributed by atoms with Crippen LogP contribution in [0.1, 0.15) is 112 Å². The lowest BCUT2D eigenvalue weighted by atomic mass is 9.85. The highest BCUT2D eigenvalue weighted by Crippen LogP contribution is 2.29. The van der Waals surface area contributed by atoms with E-state index >= 15 is 0 Å². The van der Waals surface area contributed by atoms with Gasteiger partial charge in [-0.1, -0.05) is 57.9 Å². The summed E-state index contributed by atoms with van der Waals surface area (Å²) >= 11 is 0. The predicted molar refractivity (Wildman–Crippen MR) is 144 cm³/mol. The Morgan fingerprint density at radius 1 is 0.824 bits per heavy atom. The minimum Gasteiger partial charge on any atom is -0.375 e. The van der Waals surface area contributed by atoms with Crippen molar-refractivity contribution in [3.63, 3.8) is 0 Å². The molecule has 1 aromatic carbocycles. The zero-order valence-electron chi connectivity index (χ0n) is 23.8. The Labute approximate surface area is 210 Å². The quantitative estimate of drug-likeness (QED) is 0.287. The van der Waals surface area contributed by atoms with Crippen LogP contribution in [0.15, 0.2) is 24.3 Å². The van der Waals surface area contributed by atoms with Crippen molar-refractivity contribution in [3.05, 3.63) is 35.4 Å². The molecule has 0 fully saturated rings. The zero-order chi connectivity index (χ0) is 26.0. The number of hydrogen-bond acceptors (Lipinski definition) is 3. The molecule has 4 nitrogen and oxygen atoms in total. The van der Waals surface area contributed by atoms with Gasteiger partial charge < -0.3 is 14.8 Å². The van der Waals surface area contributed by atoms with Gasteiger partial charge in [0.2, 0.25) is 5.91 Å². The fourth-order valence-corrected chi connectivity index (χ4v) is 3.75. The fraction of sp³-hybridized carbons (Fsp3) is 0.767. The molecule has 0 aliphatic rings. The van der Waals surface area contributed by atoms with E-state index in [1.54, 1.807) is 0 Å². The van der Waals surface area contributed by atoms with E-state index in [0.29, 0.717) is 19.1 Å². The molecule has 0 saturated carbocycles. The summed E-state index contributed by atoms with van der Waals surface area (Å²) in [5.74, 6) is 0.626. The van der Waals surface area contributed by atoms with Gasteiger partial charge in [0.1, 0.15) is 0 Å². The van der Waals surface area contributed by atoms with Crippen LogP contribution >= 0.6 is 0 Å². The molecule has 0 aliphatic heterocycles. The topological polar surface area (TPSA) is 47.6 Å². The SMILES string of the molecule is CC(C)Cc1ccc(C(C)C(=O)NCCCCCC(C)(COC(C)(C)C)COC(C)(C)C)cc1. The molecule has 1 aromatic rings. The second kappa shape index (κ2) is 13.6. The number of nitrogens with one attached hydrogen (secondary N) is 1. The maximum atomic E-state index is 12.6. The average Bonchev–Trinajstić information content (AvgIpc) is 2.72. The maximum Gasteiger partial charge on any atom is 0.227 e. The summed E-state index contributed by atoms with van der Waals surface area (Å²) in [6.45, 7) is 23.4. The third kappa shape index (κ3) is 13.5. The summed E-state index contributed by atoms with van der Waals surface area (Å²) in [7, 11) is 0. The Morgan fingerprint density at radius 3 is 1.82 bits per heavy atom. The molecule has 196 valence electrons. The highest BCUT2D eigenvalue weighted by Gasteiger charge is 2.29. The highest BCUT2D eigenvalue weighted by molar-refractivity contribution is 5.83. The second-order valence-corrected chi connectivity index (χ2v) is 12.8. The van der Waals surface area contributed by atoms with E-state index in [4.69, 9.17) is 9.47 Å². The molecule has 4 heteroatoms. The lowest BCUT2D eigenvalue weighted by molar-refractivity contribution is -0.122. The molecule has 0 radical (unpaired) electrons. The van der Waals surface area contributed by atoms with Crippen LogP contribution in [0, 0.1) is 11.3 Å². The molecular weight excluding hydrogens is 422 g/mol. The van der Waals surface area contributed by atoms with E-state index < -0.39 is 0 Å². The molecule has 1 unspecified atom stereocenters. The van der Waals surface area contributed by atoms with Crippen molar-refractivity contribution < 1.29 is 14.3 Å². The van der Waals surface area contributed by atoms with Gasteiger partial charge in [0.15, 0.2) is 0 Å². The molecule has 34 heavy (non-hydrogen) atoms. The first-order valence-electron chi connectivity index (χ1n) is 13.2. The Morgan fingerprint density at radius 2 is 1.35 bits per heavy atom. The van der Waals surface area contributed by atoms with Crippen molar-refractivity contribution in [1.82, 2.24) is 5.32 Å². The summed E-state index contributed by atoms with van der Waals surface area (Å²) in [5, 5.41) is 3.13. The number of carbonyl (C=O) groups is 1. The Balaban J connectivity index is 2.42. The lowest BCUT2D eigenvalue weighted by Gasteiger charge is -2.35. The van der Waals surface area contributed by atoms with Crippen molar-refractivity contribution in [1.29, 1.82) is 0 Å². The Hall–Kier alpha value is -1.39. The monoisotopic (exact) mass is 475 g/mol. The summed E-state index contributed by atoms with van der Waals surface area (Å²) < 4.78 is 12.3. The number of rotatable bonds is 14. The van der Waals surface area contributed by atoms with E-state index in [1.807, 2.05) is 6.92 Å². The number of benzene rings is 1. The Bertz CT molecular complexity index is 692. The summed E-state index contributed by atoms with van der Waals surface area (Å²) in [6.07, 6.45) is 5.29. The van der Waals surface area contributed by atoms with Crippen LogP contribution in [0.4, 0.5) is 0 Å². The summed E-state index contributed by atoms with van der Waals surface area (Å²) in [5.41, 5.74) is 2.09. The molecule has 1 rings (SSSR count). The van der Waals surface area contributed by atoms with Crippen LogP contribution in [-0.2, 0) is 20.7 Å². The van der Waals surface area contributed by atoms with E-state index in [-0.39, 0.29) is 28.4 Å². The van der Waals surface area contributed by atoms with Crippen LogP contribution < -0.4 is 5.32 Å². The van der Waals surface area contributed by atoms with E-state index in [0.717, 1.165) is 44.2 Å². The van der Waals surface area contributed by atoms with Crippen LogP contribution in [0.3, 0.4) is 0 Å². The van der Waals surface area contributed by atoms with Gasteiger partial charge in [-0.3, -0.25) is 4.79 Å². The van der Waals surface area contributed by atoms with Gasteiger partial charge in [-0.25, -0.2) is 0 Å². The zero-order valence-corrected chi connectivity index (χ0v) is 23.8. The van der Waals surface area contributed by atoms with Gasteiger partial charge in [-0.2, -0.15) is 0 Å².